The zero-order valence-corrected chi connectivity index (χ0v) is 17.3. The minimum atomic E-state index is -0.518. The van der Waals surface area contributed by atoms with Gasteiger partial charge in [0.2, 0.25) is 0 Å². The molecule has 0 aliphatic rings. The normalized spacial score (nSPS) is 10.6. The van der Waals surface area contributed by atoms with E-state index in [9.17, 15) is 14.0 Å². The Kier molecular flexibility index (Phi) is 5.71. The van der Waals surface area contributed by atoms with Gasteiger partial charge in [-0.1, -0.05) is 18.2 Å². The van der Waals surface area contributed by atoms with Crippen molar-refractivity contribution in [3.05, 3.63) is 84.1 Å². The van der Waals surface area contributed by atoms with Gasteiger partial charge >= 0.3 is 0 Å². The van der Waals surface area contributed by atoms with Crippen molar-refractivity contribution in [2.45, 2.75) is 0 Å². The number of imidazole rings is 1. The molecule has 8 nitrogen and oxygen atoms in total. The average molecular weight is 434 g/mol. The first-order valence-electron chi connectivity index (χ1n) is 9.56. The number of aromatic nitrogens is 2. The summed E-state index contributed by atoms with van der Waals surface area (Å²) in [5.41, 5.74) is 1.70. The van der Waals surface area contributed by atoms with Crippen LogP contribution in [0.4, 0.5) is 15.8 Å². The third kappa shape index (κ3) is 4.22. The highest BCUT2D eigenvalue weighted by molar-refractivity contribution is 6.07. The number of hydrogen-bond acceptors (Lipinski definition) is 5. The van der Waals surface area contributed by atoms with Gasteiger partial charge in [-0.25, -0.2) is 9.37 Å². The van der Waals surface area contributed by atoms with Crippen LogP contribution in [0.5, 0.6) is 11.5 Å². The number of methoxy groups -OCH3 is 2. The van der Waals surface area contributed by atoms with Crippen molar-refractivity contribution < 1.29 is 23.5 Å². The van der Waals surface area contributed by atoms with E-state index in [0.717, 1.165) is 0 Å². The standard InChI is InChI=1S/C23H19FN4O4/c1-31-19-11-17(27-23(30)18-13-28-12-15(24)8-9-21(28)25-18)20(32-2)10-16(19)26-22(29)14-6-4-3-5-7-14/h3-13H,1-2H3,(H,26,29)(H,27,30). The molecule has 162 valence electrons. The highest BCUT2D eigenvalue weighted by Crippen LogP contribution is 2.37. The topological polar surface area (TPSA) is 94.0 Å². The molecule has 0 aliphatic heterocycles. The van der Waals surface area contributed by atoms with Crippen molar-refractivity contribution in [3.63, 3.8) is 0 Å². The molecule has 0 spiro atoms. The molecular weight excluding hydrogens is 415 g/mol. The second-order valence-electron chi connectivity index (χ2n) is 6.77. The van der Waals surface area contributed by atoms with Gasteiger partial charge in [-0.3, -0.25) is 9.59 Å². The Morgan fingerprint density at radius 3 is 2.12 bits per heavy atom. The molecule has 0 bridgehead atoms. The van der Waals surface area contributed by atoms with E-state index in [4.69, 9.17) is 9.47 Å². The highest BCUT2D eigenvalue weighted by Gasteiger charge is 2.18. The van der Waals surface area contributed by atoms with Crippen LogP contribution in [0.15, 0.2) is 67.0 Å². The Hall–Kier alpha value is -4.40. The smallest absolute Gasteiger partial charge is 0.275 e. The van der Waals surface area contributed by atoms with Crippen LogP contribution in [0.25, 0.3) is 5.65 Å². The summed E-state index contributed by atoms with van der Waals surface area (Å²) in [7, 11) is 2.89. The van der Waals surface area contributed by atoms with Crippen LogP contribution in [-0.2, 0) is 0 Å². The molecule has 0 saturated heterocycles. The molecule has 32 heavy (non-hydrogen) atoms. The van der Waals surface area contributed by atoms with Crippen molar-refractivity contribution >= 4 is 28.8 Å². The number of halogens is 1. The molecule has 2 heterocycles. The molecule has 2 N–H and O–H groups in total. The van der Waals surface area contributed by atoms with Crippen LogP contribution in [0.3, 0.4) is 0 Å². The second kappa shape index (κ2) is 8.76. The molecule has 0 radical (unpaired) electrons. The lowest BCUT2D eigenvalue weighted by atomic mass is 10.2. The molecule has 9 heteroatoms. The molecule has 0 saturated carbocycles. The average Bonchev–Trinajstić information content (AvgIpc) is 3.23. The molecule has 0 fully saturated rings. The lowest BCUT2D eigenvalue weighted by Gasteiger charge is -2.16. The Morgan fingerprint density at radius 1 is 0.875 bits per heavy atom. The van der Waals surface area contributed by atoms with E-state index in [-0.39, 0.29) is 11.6 Å². The van der Waals surface area contributed by atoms with E-state index >= 15 is 0 Å². The summed E-state index contributed by atoms with van der Waals surface area (Å²) in [6.45, 7) is 0. The lowest BCUT2D eigenvalue weighted by Crippen LogP contribution is -2.15. The maximum Gasteiger partial charge on any atom is 0.275 e. The van der Waals surface area contributed by atoms with Crippen LogP contribution in [0.1, 0.15) is 20.8 Å². The Balaban J connectivity index is 1.60. The summed E-state index contributed by atoms with van der Waals surface area (Å²) < 4.78 is 25.6. The number of anilines is 2. The number of pyridine rings is 1. The molecule has 0 unspecified atom stereocenters. The number of fused-ring (bicyclic) bond motifs is 1. The van der Waals surface area contributed by atoms with Gasteiger partial charge in [0.15, 0.2) is 0 Å². The molecule has 0 atom stereocenters. The predicted molar refractivity (Wildman–Crippen MR) is 117 cm³/mol. The zero-order chi connectivity index (χ0) is 22.7. The largest absolute Gasteiger partial charge is 0.494 e. The quantitative estimate of drug-likeness (QED) is 0.479. The predicted octanol–water partition coefficient (Wildman–Crippen LogP) is 4.00. The molecule has 4 rings (SSSR count). The number of amides is 2. The van der Waals surface area contributed by atoms with Gasteiger partial charge in [0.1, 0.15) is 28.7 Å². The summed E-state index contributed by atoms with van der Waals surface area (Å²) >= 11 is 0. The molecule has 4 aromatic rings. The maximum atomic E-state index is 13.4. The van der Waals surface area contributed by atoms with E-state index < -0.39 is 11.7 Å². The SMILES string of the molecule is COc1cc(NC(=O)c2cn3cc(F)ccc3n2)c(OC)cc1NC(=O)c1ccccc1. The first-order chi connectivity index (χ1) is 15.5. The number of nitrogens with one attached hydrogen (secondary N) is 2. The van der Waals surface area contributed by atoms with Crippen molar-refractivity contribution in [2.24, 2.45) is 0 Å². The minimum absolute atomic E-state index is 0.0954. The van der Waals surface area contributed by atoms with Crippen LogP contribution >= 0.6 is 0 Å². The zero-order valence-electron chi connectivity index (χ0n) is 17.3. The van der Waals surface area contributed by atoms with Crippen LogP contribution in [0, 0.1) is 5.82 Å². The summed E-state index contributed by atoms with van der Waals surface area (Å²) in [5.74, 6) is -0.656. The van der Waals surface area contributed by atoms with Crippen LogP contribution < -0.4 is 20.1 Å². The van der Waals surface area contributed by atoms with Crippen molar-refractivity contribution in [1.29, 1.82) is 0 Å². The van der Waals surface area contributed by atoms with Gasteiger partial charge < -0.3 is 24.5 Å². The first-order valence-corrected chi connectivity index (χ1v) is 9.56. The Labute approximate surface area is 182 Å². The second-order valence-corrected chi connectivity index (χ2v) is 6.77. The van der Waals surface area contributed by atoms with Gasteiger partial charge in [0.05, 0.1) is 25.6 Å². The number of nitrogens with zero attached hydrogens (tertiary/aromatic N) is 2. The minimum Gasteiger partial charge on any atom is -0.494 e. The number of carbonyl (C=O) groups is 2. The summed E-state index contributed by atoms with van der Waals surface area (Å²) in [5, 5.41) is 5.49. The molecule has 2 aromatic carbocycles. The summed E-state index contributed by atoms with van der Waals surface area (Å²) in [6, 6.07) is 14.5. The van der Waals surface area contributed by atoms with Crippen LogP contribution in [-0.4, -0.2) is 35.4 Å². The van der Waals surface area contributed by atoms with Crippen LogP contribution in [0.2, 0.25) is 0 Å². The molecule has 0 aliphatic carbocycles. The fourth-order valence-corrected chi connectivity index (χ4v) is 3.14. The third-order valence-electron chi connectivity index (χ3n) is 4.70. The van der Waals surface area contributed by atoms with Gasteiger partial charge in [0, 0.05) is 30.1 Å². The van der Waals surface area contributed by atoms with Crippen molar-refractivity contribution in [2.75, 3.05) is 24.9 Å². The summed E-state index contributed by atoms with van der Waals surface area (Å²) in [6.07, 6.45) is 2.65. The van der Waals surface area contributed by atoms with Gasteiger partial charge in [-0.15, -0.1) is 0 Å². The summed E-state index contributed by atoms with van der Waals surface area (Å²) in [4.78, 5) is 29.5. The fourth-order valence-electron chi connectivity index (χ4n) is 3.14. The number of hydrogen-bond donors (Lipinski definition) is 2. The Bertz CT molecular complexity index is 1300. The molecular formula is C23H19FN4O4. The van der Waals surface area contributed by atoms with Crippen molar-refractivity contribution in [3.8, 4) is 11.5 Å². The fraction of sp³-hybridized carbons (Fsp3) is 0.0870. The number of rotatable bonds is 6. The first kappa shape index (κ1) is 20.9. The third-order valence-corrected chi connectivity index (χ3v) is 4.70. The van der Waals surface area contributed by atoms with Gasteiger partial charge in [-0.2, -0.15) is 0 Å². The maximum absolute atomic E-state index is 13.4. The monoisotopic (exact) mass is 434 g/mol. The van der Waals surface area contributed by atoms with E-state index in [1.807, 2.05) is 6.07 Å². The van der Waals surface area contributed by atoms with Gasteiger partial charge in [0.25, 0.3) is 11.8 Å². The van der Waals surface area contributed by atoms with E-state index in [0.29, 0.717) is 34.1 Å². The molecule has 2 amide bonds. The lowest BCUT2D eigenvalue weighted by molar-refractivity contribution is 0.101. The number of ether oxygens (including phenoxy) is 2. The number of benzene rings is 2. The highest BCUT2D eigenvalue weighted by atomic mass is 19.1. The van der Waals surface area contributed by atoms with E-state index in [2.05, 4.69) is 15.6 Å². The molecule has 2 aromatic heterocycles. The van der Waals surface area contributed by atoms with E-state index in [1.54, 1.807) is 30.3 Å². The Morgan fingerprint density at radius 2 is 1.50 bits per heavy atom. The number of carbonyl (C=O) groups excluding carboxylic acids is 2. The van der Waals surface area contributed by atoms with E-state index in [1.165, 1.54) is 49.2 Å². The van der Waals surface area contributed by atoms with Gasteiger partial charge in [-0.05, 0) is 24.3 Å². The van der Waals surface area contributed by atoms with Crippen molar-refractivity contribution in [1.82, 2.24) is 9.38 Å².